The molecule has 7 nitrogen and oxygen atoms in total. The van der Waals surface area contributed by atoms with Gasteiger partial charge in [-0.05, 0) is 37.5 Å². The molecule has 1 atom stereocenters. The third-order valence-corrected chi connectivity index (χ3v) is 7.62. The smallest absolute Gasteiger partial charge is 0.230 e. The number of piperazine rings is 1. The number of nitrogens with zero attached hydrogens (tertiary/aromatic N) is 4. The minimum Gasteiger partial charge on any atom is -0.355 e. The standard InChI is InChI=1S/C25H32Cl3N5O2S/c1-3-4-5-6-24(35)33-12-11-32(15-17(33)2)22-14-21(28)30-25(31-22)36-16-23(34)29-10-9-18-7-8-19(26)13-20(18)27/h7-8,13-14,17H,3-6,9-12,15-16H2,1-2H3,(H,29,34). The van der Waals surface area contributed by atoms with Gasteiger partial charge in [-0.1, -0.05) is 72.4 Å². The van der Waals surface area contributed by atoms with E-state index in [-0.39, 0.29) is 23.6 Å². The predicted octanol–water partition coefficient (Wildman–Crippen LogP) is 5.51. The molecule has 0 aliphatic carbocycles. The largest absolute Gasteiger partial charge is 0.355 e. The molecule has 196 valence electrons. The van der Waals surface area contributed by atoms with Crippen LogP contribution in [0.25, 0.3) is 0 Å². The molecule has 1 fully saturated rings. The highest BCUT2D eigenvalue weighted by Crippen LogP contribution is 2.25. The van der Waals surface area contributed by atoms with Gasteiger partial charge in [0.1, 0.15) is 11.0 Å². The lowest BCUT2D eigenvalue weighted by Gasteiger charge is -2.40. The Morgan fingerprint density at radius 2 is 1.94 bits per heavy atom. The summed E-state index contributed by atoms with van der Waals surface area (Å²) >= 11 is 19.6. The number of thioether (sulfide) groups is 1. The van der Waals surface area contributed by atoms with E-state index in [1.165, 1.54) is 11.8 Å². The second-order valence-electron chi connectivity index (χ2n) is 8.80. The van der Waals surface area contributed by atoms with Crippen molar-refractivity contribution in [2.75, 3.05) is 36.8 Å². The van der Waals surface area contributed by atoms with Crippen LogP contribution in [0.4, 0.5) is 5.82 Å². The minimum atomic E-state index is -0.126. The van der Waals surface area contributed by atoms with Crippen molar-refractivity contribution in [3.05, 3.63) is 45.0 Å². The van der Waals surface area contributed by atoms with E-state index < -0.39 is 0 Å². The number of nitrogens with one attached hydrogen (secondary N) is 1. The average molecular weight is 573 g/mol. The van der Waals surface area contributed by atoms with E-state index >= 15 is 0 Å². The summed E-state index contributed by atoms with van der Waals surface area (Å²) in [5.74, 6) is 0.973. The Morgan fingerprint density at radius 3 is 2.67 bits per heavy atom. The van der Waals surface area contributed by atoms with E-state index in [0.29, 0.717) is 65.2 Å². The first kappa shape index (κ1) is 28.8. The highest BCUT2D eigenvalue weighted by atomic mass is 35.5. The van der Waals surface area contributed by atoms with Crippen LogP contribution < -0.4 is 10.2 Å². The Hall–Kier alpha value is -1.74. The van der Waals surface area contributed by atoms with Crippen LogP contribution in [0.2, 0.25) is 15.2 Å². The molecule has 1 unspecified atom stereocenters. The molecular formula is C25H32Cl3N5O2S. The number of amides is 2. The van der Waals surface area contributed by atoms with E-state index in [9.17, 15) is 9.59 Å². The number of carbonyl (C=O) groups is 2. The second-order valence-corrected chi connectivity index (χ2v) is 11.0. The molecule has 11 heteroatoms. The van der Waals surface area contributed by atoms with Crippen molar-refractivity contribution in [1.29, 1.82) is 0 Å². The first-order chi connectivity index (χ1) is 17.3. The van der Waals surface area contributed by atoms with Gasteiger partial charge < -0.3 is 15.1 Å². The van der Waals surface area contributed by atoms with Crippen molar-refractivity contribution in [3.63, 3.8) is 0 Å². The maximum atomic E-state index is 12.6. The zero-order valence-corrected chi connectivity index (χ0v) is 23.7. The van der Waals surface area contributed by atoms with E-state index in [4.69, 9.17) is 34.8 Å². The van der Waals surface area contributed by atoms with Gasteiger partial charge in [-0.3, -0.25) is 9.59 Å². The summed E-state index contributed by atoms with van der Waals surface area (Å²) in [6.45, 7) is 6.65. The maximum absolute atomic E-state index is 12.6. The van der Waals surface area contributed by atoms with Crippen LogP contribution in [0.5, 0.6) is 0 Å². The molecule has 36 heavy (non-hydrogen) atoms. The van der Waals surface area contributed by atoms with Crippen molar-refractivity contribution in [3.8, 4) is 0 Å². The molecule has 0 saturated carbocycles. The number of unbranched alkanes of at least 4 members (excludes halogenated alkanes) is 2. The van der Waals surface area contributed by atoms with Gasteiger partial charge in [-0.2, -0.15) is 0 Å². The molecule has 1 aliphatic rings. The SMILES string of the molecule is CCCCCC(=O)N1CCN(c2cc(Cl)nc(SCC(=O)NCCc3ccc(Cl)cc3Cl)n2)CC1C. The molecule has 1 N–H and O–H groups in total. The number of hydrogen-bond acceptors (Lipinski definition) is 6. The summed E-state index contributed by atoms with van der Waals surface area (Å²) in [5.41, 5.74) is 0.925. The number of aromatic nitrogens is 2. The van der Waals surface area contributed by atoms with Crippen LogP contribution in [0.15, 0.2) is 29.4 Å². The molecule has 0 spiro atoms. The average Bonchev–Trinajstić information content (AvgIpc) is 2.84. The van der Waals surface area contributed by atoms with Crippen LogP contribution in [-0.4, -0.2) is 64.7 Å². The normalized spacial score (nSPS) is 15.8. The predicted molar refractivity (Wildman–Crippen MR) is 148 cm³/mol. The number of carbonyl (C=O) groups excluding carboxylic acids is 2. The number of anilines is 1. The Bertz CT molecular complexity index is 1060. The first-order valence-electron chi connectivity index (χ1n) is 12.2. The molecule has 2 amide bonds. The molecule has 0 bridgehead atoms. The fourth-order valence-electron chi connectivity index (χ4n) is 4.06. The fourth-order valence-corrected chi connectivity index (χ4v) is 5.47. The highest BCUT2D eigenvalue weighted by Gasteiger charge is 2.28. The van der Waals surface area contributed by atoms with Crippen LogP contribution in [0, 0.1) is 0 Å². The van der Waals surface area contributed by atoms with Gasteiger partial charge in [0, 0.05) is 54.8 Å². The first-order valence-corrected chi connectivity index (χ1v) is 14.3. The zero-order chi connectivity index (χ0) is 26.1. The van der Waals surface area contributed by atoms with E-state index in [1.54, 1.807) is 18.2 Å². The Morgan fingerprint density at radius 1 is 1.14 bits per heavy atom. The quantitative estimate of drug-likeness (QED) is 0.166. The van der Waals surface area contributed by atoms with E-state index in [0.717, 1.165) is 24.8 Å². The van der Waals surface area contributed by atoms with Crippen LogP contribution in [0.3, 0.4) is 0 Å². The number of rotatable bonds is 11. The monoisotopic (exact) mass is 571 g/mol. The molecule has 1 saturated heterocycles. The number of hydrogen-bond donors (Lipinski definition) is 1. The second kappa shape index (κ2) is 14.3. The Kier molecular flexibility index (Phi) is 11.4. The third-order valence-electron chi connectivity index (χ3n) is 5.99. The van der Waals surface area contributed by atoms with Gasteiger partial charge in [0.2, 0.25) is 11.8 Å². The summed E-state index contributed by atoms with van der Waals surface area (Å²) in [5, 5.41) is 4.82. The molecular weight excluding hydrogens is 541 g/mol. The van der Waals surface area contributed by atoms with Gasteiger partial charge in [-0.25, -0.2) is 9.97 Å². The third kappa shape index (κ3) is 8.68. The van der Waals surface area contributed by atoms with Gasteiger partial charge in [-0.15, -0.1) is 0 Å². The minimum absolute atomic E-state index is 0.0811. The Balaban J connectivity index is 1.49. The van der Waals surface area contributed by atoms with Crippen LogP contribution >= 0.6 is 46.6 Å². The van der Waals surface area contributed by atoms with E-state index in [2.05, 4.69) is 34.0 Å². The van der Waals surface area contributed by atoms with Crippen molar-refractivity contribution in [1.82, 2.24) is 20.2 Å². The van der Waals surface area contributed by atoms with Crippen LogP contribution in [-0.2, 0) is 16.0 Å². The topological polar surface area (TPSA) is 78.4 Å². The molecule has 1 aliphatic heterocycles. The van der Waals surface area contributed by atoms with Crippen LogP contribution in [0.1, 0.15) is 45.1 Å². The van der Waals surface area contributed by atoms with Gasteiger partial charge in [0.15, 0.2) is 5.16 Å². The number of benzene rings is 1. The summed E-state index contributed by atoms with van der Waals surface area (Å²) in [6, 6.07) is 7.14. The highest BCUT2D eigenvalue weighted by molar-refractivity contribution is 7.99. The molecule has 3 rings (SSSR count). The maximum Gasteiger partial charge on any atom is 0.230 e. The lowest BCUT2D eigenvalue weighted by Crippen LogP contribution is -2.54. The molecule has 2 aromatic rings. The van der Waals surface area contributed by atoms with Crippen molar-refractivity contribution < 1.29 is 9.59 Å². The summed E-state index contributed by atoms with van der Waals surface area (Å²) < 4.78 is 0. The van der Waals surface area contributed by atoms with Crippen molar-refractivity contribution in [2.24, 2.45) is 0 Å². The molecule has 0 radical (unpaired) electrons. The zero-order valence-electron chi connectivity index (χ0n) is 20.6. The number of halogens is 3. The fraction of sp³-hybridized carbons (Fsp3) is 0.520. The molecule has 2 heterocycles. The molecule has 1 aromatic carbocycles. The lowest BCUT2D eigenvalue weighted by molar-refractivity contribution is -0.133. The summed E-state index contributed by atoms with van der Waals surface area (Å²) in [7, 11) is 0. The van der Waals surface area contributed by atoms with Crippen molar-refractivity contribution >= 4 is 64.2 Å². The van der Waals surface area contributed by atoms with Gasteiger partial charge in [0.05, 0.1) is 5.75 Å². The van der Waals surface area contributed by atoms with Gasteiger partial charge >= 0.3 is 0 Å². The summed E-state index contributed by atoms with van der Waals surface area (Å²) in [4.78, 5) is 37.9. The van der Waals surface area contributed by atoms with Crippen molar-refractivity contribution in [2.45, 2.75) is 57.1 Å². The lowest BCUT2D eigenvalue weighted by atomic mass is 10.1. The van der Waals surface area contributed by atoms with Gasteiger partial charge in [0.25, 0.3) is 0 Å². The summed E-state index contributed by atoms with van der Waals surface area (Å²) in [6.07, 6.45) is 4.33. The Labute approximate surface area is 232 Å². The molecule has 1 aromatic heterocycles. The van der Waals surface area contributed by atoms with E-state index in [1.807, 2.05) is 11.0 Å².